The Morgan fingerprint density at radius 3 is 2.48 bits per heavy atom. The molecule has 1 unspecified atom stereocenters. The fourth-order valence-corrected chi connectivity index (χ4v) is 3.28. The number of nitrogens with one attached hydrogen (secondary N) is 1. The smallest absolute Gasteiger partial charge is 0.346 e. The topological polar surface area (TPSA) is 42.0 Å². The van der Waals surface area contributed by atoms with Crippen LogP contribution in [-0.2, 0) is 6.42 Å². The Balaban J connectivity index is 1.89. The molecular weight excluding hydrogens is 391 g/mol. The van der Waals surface area contributed by atoms with Gasteiger partial charge in [0, 0.05) is 11.6 Å². The van der Waals surface area contributed by atoms with Crippen LogP contribution in [0.3, 0.4) is 0 Å². The highest BCUT2D eigenvalue weighted by atomic mass is 19.4. The molecule has 152 valence electrons. The molecule has 2 aromatic carbocycles. The van der Waals surface area contributed by atoms with Gasteiger partial charge in [0.1, 0.15) is 17.2 Å². The molecule has 0 fully saturated rings. The van der Waals surface area contributed by atoms with Crippen molar-refractivity contribution in [1.29, 1.82) is 0 Å². The Morgan fingerprint density at radius 1 is 1.07 bits per heavy atom. The van der Waals surface area contributed by atoms with Gasteiger partial charge in [0.05, 0.1) is 17.5 Å². The quantitative estimate of drug-likeness (QED) is 0.590. The van der Waals surface area contributed by atoms with E-state index in [0.717, 1.165) is 12.3 Å². The van der Waals surface area contributed by atoms with Gasteiger partial charge in [0.15, 0.2) is 0 Å². The SMILES string of the molecule is CC(Cc1cccc(F)c1)(CC(F)(F)F)NC(=O)c1cnc2c(F)cccc2c1. The Bertz CT molecular complexity index is 1050. The minimum atomic E-state index is -4.56. The zero-order valence-corrected chi connectivity index (χ0v) is 15.4. The molecule has 0 radical (unpaired) electrons. The van der Waals surface area contributed by atoms with E-state index >= 15 is 0 Å². The first kappa shape index (κ1) is 20.7. The van der Waals surface area contributed by atoms with Gasteiger partial charge >= 0.3 is 6.18 Å². The molecule has 0 spiro atoms. The molecule has 3 aromatic rings. The Kier molecular flexibility index (Phi) is 5.55. The van der Waals surface area contributed by atoms with Crippen molar-refractivity contribution < 1.29 is 26.7 Å². The predicted molar refractivity (Wildman–Crippen MR) is 98.3 cm³/mol. The summed E-state index contributed by atoms with van der Waals surface area (Å²) >= 11 is 0. The second-order valence-corrected chi connectivity index (χ2v) is 7.15. The van der Waals surface area contributed by atoms with Gasteiger partial charge in [-0.15, -0.1) is 0 Å². The maximum Gasteiger partial charge on any atom is 0.391 e. The number of halogens is 5. The van der Waals surface area contributed by atoms with E-state index in [9.17, 15) is 26.7 Å². The van der Waals surface area contributed by atoms with Gasteiger partial charge in [-0.1, -0.05) is 24.3 Å². The fraction of sp³-hybridized carbons (Fsp3) is 0.238. The first-order valence-corrected chi connectivity index (χ1v) is 8.73. The number of para-hydroxylation sites is 1. The lowest BCUT2D eigenvalue weighted by Gasteiger charge is -2.32. The van der Waals surface area contributed by atoms with Crippen molar-refractivity contribution in [2.24, 2.45) is 0 Å². The molecule has 3 rings (SSSR count). The zero-order chi connectivity index (χ0) is 21.2. The van der Waals surface area contributed by atoms with Gasteiger partial charge in [-0.3, -0.25) is 9.78 Å². The lowest BCUT2D eigenvalue weighted by molar-refractivity contribution is -0.147. The monoisotopic (exact) mass is 408 g/mol. The van der Waals surface area contributed by atoms with Crippen molar-refractivity contribution in [1.82, 2.24) is 10.3 Å². The van der Waals surface area contributed by atoms with E-state index in [-0.39, 0.29) is 17.5 Å². The fourth-order valence-electron chi connectivity index (χ4n) is 3.28. The van der Waals surface area contributed by atoms with Crippen LogP contribution in [0.4, 0.5) is 22.0 Å². The molecular formula is C21H17F5N2O. The second-order valence-electron chi connectivity index (χ2n) is 7.15. The molecule has 0 aliphatic carbocycles. The summed E-state index contributed by atoms with van der Waals surface area (Å²) in [5.41, 5.74) is -1.35. The van der Waals surface area contributed by atoms with E-state index in [1.165, 1.54) is 43.3 Å². The maximum absolute atomic E-state index is 13.7. The van der Waals surface area contributed by atoms with Crippen LogP contribution in [0.2, 0.25) is 0 Å². The van der Waals surface area contributed by atoms with Crippen molar-refractivity contribution in [2.45, 2.75) is 31.5 Å². The number of alkyl halides is 3. The molecule has 8 heteroatoms. The number of hydrogen-bond donors (Lipinski definition) is 1. The van der Waals surface area contributed by atoms with Crippen molar-refractivity contribution in [3.8, 4) is 0 Å². The average Bonchev–Trinajstić information content (AvgIpc) is 2.59. The summed E-state index contributed by atoms with van der Waals surface area (Å²) in [6.07, 6.45) is -4.99. The van der Waals surface area contributed by atoms with E-state index < -0.39 is 35.7 Å². The lowest BCUT2D eigenvalue weighted by Crippen LogP contribution is -2.50. The van der Waals surface area contributed by atoms with Gasteiger partial charge in [0.25, 0.3) is 5.91 Å². The van der Waals surface area contributed by atoms with Gasteiger partial charge in [-0.25, -0.2) is 8.78 Å². The molecule has 0 saturated heterocycles. The number of carbonyl (C=O) groups excluding carboxylic acids is 1. The minimum absolute atomic E-state index is 0.00394. The van der Waals surface area contributed by atoms with Crippen LogP contribution >= 0.6 is 0 Å². The highest BCUT2D eigenvalue weighted by molar-refractivity contribution is 5.97. The molecule has 1 N–H and O–H groups in total. The van der Waals surface area contributed by atoms with E-state index in [1.807, 2.05) is 0 Å². The Labute approximate surface area is 163 Å². The van der Waals surface area contributed by atoms with Crippen molar-refractivity contribution in [3.05, 3.63) is 77.5 Å². The van der Waals surface area contributed by atoms with E-state index in [1.54, 1.807) is 6.07 Å². The number of amides is 1. The molecule has 0 aliphatic rings. The number of benzene rings is 2. The summed E-state index contributed by atoms with van der Waals surface area (Å²) in [5, 5.41) is 2.75. The highest BCUT2D eigenvalue weighted by Gasteiger charge is 2.40. The summed E-state index contributed by atoms with van der Waals surface area (Å²) in [7, 11) is 0. The molecule has 0 aliphatic heterocycles. The van der Waals surface area contributed by atoms with Crippen molar-refractivity contribution >= 4 is 16.8 Å². The molecule has 1 aromatic heterocycles. The number of hydrogen-bond acceptors (Lipinski definition) is 2. The number of pyridine rings is 1. The van der Waals surface area contributed by atoms with Gasteiger partial charge in [0.2, 0.25) is 0 Å². The van der Waals surface area contributed by atoms with E-state index in [4.69, 9.17) is 0 Å². The Hall–Kier alpha value is -3.03. The summed E-state index contributed by atoms with van der Waals surface area (Å²) < 4.78 is 66.6. The molecule has 29 heavy (non-hydrogen) atoms. The van der Waals surface area contributed by atoms with Crippen LogP contribution < -0.4 is 5.32 Å². The van der Waals surface area contributed by atoms with Crippen LogP contribution in [0.25, 0.3) is 10.9 Å². The first-order chi connectivity index (χ1) is 13.5. The summed E-state index contributed by atoms with van der Waals surface area (Å²) in [6, 6.07) is 10.8. The molecule has 3 nitrogen and oxygen atoms in total. The second kappa shape index (κ2) is 7.77. The molecule has 1 heterocycles. The third-order valence-electron chi connectivity index (χ3n) is 4.41. The van der Waals surface area contributed by atoms with Crippen molar-refractivity contribution in [2.75, 3.05) is 0 Å². The maximum atomic E-state index is 13.7. The van der Waals surface area contributed by atoms with E-state index in [0.29, 0.717) is 10.9 Å². The average molecular weight is 408 g/mol. The van der Waals surface area contributed by atoms with Gasteiger partial charge in [-0.2, -0.15) is 13.2 Å². The standard InChI is InChI=1S/C21H17F5N2O/c1-20(12-21(24,25)26,10-13-4-2-6-16(22)8-13)28-19(29)15-9-14-5-3-7-17(23)18(14)27-11-15/h2-9,11H,10,12H2,1H3,(H,28,29). The third-order valence-corrected chi connectivity index (χ3v) is 4.41. The number of nitrogens with zero attached hydrogens (tertiary/aromatic N) is 1. The van der Waals surface area contributed by atoms with Gasteiger partial charge < -0.3 is 5.32 Å². The summed E-state index contributed by atoms with van der Waals surface area (Å²) in [5.74, 6) is -1.93. The van der Waals surface area contributed by atoms with Crippen LogP contribution in [0.15, 0.2) is 54.7 Å². The molecule has 0 saturated carbocycles. The van der Waals surface area contributed by atoms with Gasteiger partial charge in [-0.05, 0) is 43.2 Å². The third kappa shape index (κ3) is 5.28. The minimum Gasteiger partial charge on any atom is -0.346 e. The first-order valence-electron chi connectivity index (χ1n) is 8.73. The van der Waals surface area contributed by atoms with Crippen molar-refractivity contribution in [3.63, 3.8) is 0 Å². The Morgan fingerprint density at radius 2 is 1.79 bits per heavy atom. The van der Waals surface area contributed by atoms with Crippen LogP contribution in [0.1, 0.15) is 29.3 Å². The lowest BCUT2D eigenvalue weighted by atomic mass is 9.88. The van der Waals surface area contributed by atoms with Crippen LogP contribution in [0, 0.1) is 11.6 Å². The summed E-state index contributed by atoms with van der Waals surface area (Å²) in [4.78, 5) is 16.5. The predicted octanol–water partition coefficient (Wildman–Crippen LogP) is 5.20. The van der Waals surface area contributed by atoms with Crippen LogP contribution in [-0.4, -0.2) is 22.6 Å². The zero-order valence-electron chi connectivity index (χ0n) is 15.4. The summed E-state index contributed by atoms with van der Waals surface area (Å²) in [6.45, 7) is 1.25. The number of rotatable bonds is 5. The largest absolute Gasteiger partial charge is 0.391 e. The molecule has 1 atom stereocenters. The number of fused-ring (bicyclic) bond motifs is 1. The normalized spacial score (nSPS) is 13.9. The number of aromatic nitrogens is 1. The molecule has 1 amide bonds. The van der Waals surface area contributed by atoms with Crippen LogP contribution in [0.5, 0.6) is 0 Å². The number of carbonyl (C=O) groups is 1. The van der Waals surface area contributed by atoms with E-state index in [2.05, 4.69) is 10.3 Å². The highest BCUT2D eigenvalue weighted by Crippen LogP contribution is 2.30. The molecule has 0 bridgehead atoms.